The lowest BCUT2D eigenvalue weighted by atomic mass is 9.73. The Hall–Kier alpha value is -2.92. The van der Waals surface area contributed by atoms with Crippen LogP contribution in [0.4, 0.5) is 11.8 Å². The minimum atomic E-state index is -0.0150. The number of pyridine rings is 1. The molecule has 6 N–H and O–H groups in total. The summed E-state index contributed by atoms with van der Waals surface area (Å²) in [5.41, 5.74) is 17.2. The van der Waals surface area contributed by atoms with Crippen LogP contribution in [0.3, 0.4) is 0 Å². The van der Waals surface area contributed by atoms with E-state index in [0.717, 1.165) is 48.8 Å². The van der Waals surface area contributed by atoms with E-state index >= 15 is 0 Å². The van der Waals surface area contributed by atoms with Crippen LogP contribution in [0.2, 0.25) is 5.02 Å². The number of rotatable bonds is 4. The first kappa shape index (κ1) is 22.5. The van der Waals surface area contributed by atoms with E-state index in [-0.39, 0.29) is 23.9 Å². The van der Waals surface area contributed by atoms with Gasteiger partial charge in [-0.15, -0.1) is 0 Å². The van der Waals surface area contributed by atoms with Gasteiger partial charge in [0.15, 0.2) is 11.3 Å². The van der Waals surface area contributed by atoms with Crippen molar-refractivity contribution < 1.29 is 5.11 Å². The maximum absolute atomic E-state index is 9.51. The predicted molar refractivity (Wildman–Crippen MR) is 136 cm³/mol. The molecule has 11 heteroatoms. The van der Waals surface area contributed by atoms with Crippen molar-refractivity contribution in [1.29, 1.82) is 0 Å². The number of piperidine rings is 1. The molecule has 0 radical (unpaired) electrons. The SMILES string of the molecule is Nc1nccc(Sc2cnc3[nH]c(N4CCC5(CC4)Cc4ccc(CO)cc4[C@H]5N)nc3n2)c1Cl. The number of aromatic nitrogens is 5. The highest BCUT2D eigenvalue weighted by atomic mass is 35.5. The molecular formula is C24H25ClN8OS. The van der Waals surface area contributed by atoms with Crippen molar-refractivity contribution in [1.82, 2.24) is 24.9 Å². The molecule has 1 aromatic carbocycles. The normalized spacial score (nSPS) is 18.9. The predicted octanol–water partition coefficient (Wildman–Crippen LogP) is 3.47. The number of anilines is 2. The monoisotopic (exact) mass is 508 g/mol. The number of nitrogens with zero attached hydrogens (tertiary/aromatic N) is 5. The molecule has 1 aliphatic heterocycles. The first-order valence-corrected chi connectivity index (χ1v) is 12.7. The number of nitrogens with one attached hydrogen (secondary N) is 1. The van der Waals surface area contributed by atoms with E-state index in [1.807, 2.05) is 6.07 Å². The largest absolute Gasteiger partial charge is 0.392 e. The summed E-state index contributed by atoms with van der Waals surface area (Å²) < 4.78 is 0. The topological polar surface area (TPSA) is 143 Å². The van der Waals surface area contributed by atoms with Gasteiger partial charge in [0.05, 0.1) is 17.8 Å². The van der Waals surface area contributed by atoms with Gasteiger partial charge in [0.1, 0.15) is 10.8 Å². The van der Waals surface area contributed by atoms with E-state index in [9.17, 15) is 5.11 Å². The molecule has 1 atom stereocenters. The van der Waals surface area contributed by atoms with E-state index in [1.54, 1.807) is 18.5 Å². The van der Waals surface area contributed by atoms with Crippen molar-refractivity contribution in [2.75, 3.05) is 23.7 Å². The van der Waals surface area contributed by atoms with Gasteiger partial charge in [-0.2, -0.15) is 4.98 Å². The van der Waals surface area contributed by atoms with Gasteiger partial charge in [0.25, 0.3) is 0 Å². The highest BCUT2D eigenvalue weighted by molar-refractivity contribution is 7.99. The van der Waals surface area contributed by atoms with Crippen LogP contribution in [-0.2, 0) is 13.0 Å². The van der Waals surface area contributed by atoms with Crippen LogP contribution in [0.5, 0.6) is 0 Å². The standard InChI is InChI=1S/C24H25ClN8OS/c25-18-16(3-6-28-20(18)27)35-17-11-29-21-22(30-17)32-23(31-21)33-7-4-24(5-8-33)10-14-2-1-13(12-34)9-15(14)19(24)26/h1-3,6,9,11,19,34H,4-5,7-8,10,12,26H2,(H2,27,28)(H,29,30,31,32)/t19-/m1/s1. The van der Waals surface area contributed by atoms with Crippen molar-refractivity contribution in [2.24, 2.45) is 11.1 Å². The number of nitrogen functional groups attached to an aromatic ring is 1. The second-order valence-electron chi connectivity index (χ2n) is 9.25. The first-order chi connectivity index (χ1) is 17.0. The molecule has 0 saturated carbocycles. The minimum Gasteiger partial charge on any atom is -0.392 e. The Morgan fingerprint density at radius 3 is 2.83 bits per heavy atom. The van der Waals surface area contributed by atoms with Crippen molar-refractivity contribution in [2.45, 2.75) is 41.8 Å². The number of halogens is 1. The zero-order chi connectivity index (χ0) is 24.2. The Morgan fingerprint density at radius 1 is 1.20 bits per heavy atom. The molecule has 4 heterocycles. The van der Waals surface area contributed by atoms with E-state index in [1.165, 1.54) is 22.9 Å². The number of aliphatic hydroxyl groups is 1. The molecule has 9 nitrogen and oxygen atoms in total. The molecule has 1 spiro atoms. The summed E-state index contributed by atoms with van der Waals surface area (Å²) in [6, 6.07) is 7.98. The van der Waals surface area contributed by atoms with Crippen LogP contribution in [0.15, 0.2) is 46.6 Å². The minimum absolute atomic E-state index is 0.0150. The molecule has 3 aromatic heterocycles. The summed E-state index contributed by atoms with van der Waals surface area (Å²) in [4.78, 5) is 24.2. The van der Waals surface area contributed by atoms with Crippen LogP contribution < -0.4 is 16.4 Å². The number of aliphatic hydroxyl groups excluding tert-OH is 1. The number of H-pyrrole nitrogens is 1. The molecule has 1 saturated heterocycles. The third-order valence-electron chi connectivity index (χ3n) is 7.26. The summed E-state index contributed by atoms with van der Waals surface area (Å²) in [5.74, 6) is 1.06. The molecule has 2 aliphatic rings. The Kier molecular flexibility index (Phi) is 5.56. The summed E-state index contributed by atoms with van der Waals surface area (Å²) >= 11 is 7.64. The van der Waals surface area contributed by atoms with E-state index in [0.29, 0.717) is 21.3 Å². The van der Waals surface area contributed by atoms with Crippen molar-refractivity contribution in [3.05, 3.63) is 58.4 Å². The Bertz CT molecular complexity index is 1420. The first-order valence-electron chi connectivity index (χ1n) is 11.5. The molecular weight excluding hydrogens is 484 g/mol. The fourth-order valence-electron chi connectivity index (χ4n) is 5.26. The number of hydrogen-bond donors (Lipinski definition) is 4. The number of benzene rings is 1. The maximum atomic E-state index is 9.51. The molecule has 6 rings (SSSR count). The van der Waals surface area contributed by atoms with E-state index < -0.39 is 0 Å². The third kappa shape index (κ3) is 3.90. The summed E-state index contributed by atoms with van der Waals surface area (Å²) in [6.07, 6.45) is 6.24. The highest BCUT2D eigenvalue weighted by Crippen LogP contribution is 2.51. The number of imidazole rings is 1. The van der Waals surface area contributed by atoms with Gasteiger partial charge in [-0.05, 0) is 47.4 Å². The molecule has 35 heavy (non-hydrogen) atoms. The fraction of sp³-hybridized carbons (Fsp3) is 0.333. The van der Waals surface area contributed by atoms with Crippen LogP contribution in [0.25, 0.3) is 11.3 Å². The molecule has 0 unspecified atom stereocenters. The molecule has 0 bridgehead atoms. The van der Waals surface area contributed by atoms with Gasteiger partial charge in [-0.3, -0.25) is 0 Å². The molecule has 4 aromatic rings. The van der Waals surface area contributed by atoms with Crippen LogP contribution in [0.1, 0.15) is 35.6 Å². The average Bonchev–Trinajstić information content (AvgIpc) is 3.41. The van der Waals surface area contributed by atoms with Gasteiger partial charge in [0, 0.05) is 30.2 Å². The smallest absolute Gasteiger partial charge is 0.206 e. The molecule has 1 aliphatic carbocycles. The summed E-state index contributed by atoms with van der Waals surface area (Å²) in [5, 5.41) is 10.6. The number of aromatic amines is 1. The average molecular weight is 509 g/mol. The fourth-order valence-corrected chi connectivity index (χ4v) is 6.27. The van der Waals surface area contributed by atoms with E-state index in [4.69, 9.17) is 28.1 Å². The van der Waals surface area contributed by atoms with Gasteiger partial charge in [0.2, 0.25) is 5.95 Å². The van der Waals surface area contributed by atoms with Crippen molar-refractivity contribution in [3.8, 4) is 0 Å². The molecule has 0 amide bonds. The lowest BCUT2D eigenvalue weighted by Crippen LogP contribution is -2.44. The summed E-state index contributed by atoms with van der Waals surface area (Å²) in [6.45, 7) is 1.74. The van der Waals surface area contributed by atoms with Gasteiger partial charge in [-0.1, -0.05) is 41.6 Å². The number of hydrogen-bond acceptors (Lipinski definition) is 9. The van der Waals surface area contributed by atoms with Crippen LogP contribution in [-0.4, -0.2) is 43.1 Å². The zero-order valence-corrected chi connectivity index (χ0v) is 20.5. The van der Waals surface area contributed by atoms with Crippen LogP contribution in [0, 0.1) is 5.41 Å². The maximum Gasteiger partial charge on any atom is 0.206 e. The molecule has 1 fully saturated rings. The van der Waals surface area contributed by atoms with Gasteiger partial charge in [-0.25, -0.2) is 15.0 Å². The molecule has 180 valence electrons. The Labute approximate surface area is 211 Å². The van der Waals surface area contributed by atoms with Gasteiger partial charge < -0.3 is 26.5 Å². The highest BCUT2D eigenvalue weighted by Gasteiger charge is 2.46. The quantitative estimate of drug-likeness (QED) is 0.325. The second-order valence-corrected chi connectivity index (χ2v) is 10.7. The van der Waals surface area contributed by atoms with Gasteiger partial charge >= 0.3 is 0 Å². The second kappa shape index (κ2) is 8.63. The van der Waals surface area contributed by atoms with Crippen molar-refractivity contribution >= 4 is 46.4 Å². The number of fused-ring (bicyclic) bond motifs is 2. The lowest BCUT2D eigenvalue weighted by Gasteiger charge is -2.42. The Balaban J connectivity index is 1.18. The summed E-state index contributed by atoms with van der Waals surface area (Å²) in [7, 11) is 0. The van der Waals surface area contributed by atoms with Crippen molar-refractivity contribution in [3.63, 3.8) is 0 Å². The lowest BCUT2D eigenvalue weighted by molar-refractivity contribution is 0.187. The third-order valence-corrected chi connectivity index (χ3v) is 8.73. The zero-order valence-electron chi connectivity index (χ0n) is 18.9. The Morgan fingerprint density at radius 2 is 2.03 bits per heavy atom. The van der Waals surface area contributed by atoms with E-state index in [2.05, 4.69) is 37.0 Å². The number of nitrogens with two attached hydrogens (primary N) is 2. The van der Waals surface area contributed by atoms with Crippen LogP contribution >= 0.6 is 23.4 Å².